The van der Waals surface area contributed by atoms with Crippen LogP contribution in [0.5, 0.6) is 0 Å². The van der Waals surface area contributed by atoms with Crippen molar-refractivity contribution in [3.63, 3.8) is 0 Å². The summed E-state index contributed by atoms with van der Waals surface area (Å²) >= 11 is 0. The van der Waals surface area contributed by atoms with Crippen molar-refractivity contribution in [3.05, 3.63) is 59.2 Å². The molecule has 0 spiro atoms. The lowest BCUT2D eigenvalue weighted by atomic mass is 10.1. The smallest absolute Gasteiger partial charge is 0.243 e. The molecule has 0 atom stereocenters. The van der Waals surface area contributed by atoms with Gasteiger partial charge in [0.2, 0.25) is 15.9 Å². The molecule has 0 aliphatic rings. The molecule has 1 amide bonds. The number of carbonyl (C=O) groups excluding carboxylic acids is 1. The molecule has 0 saturated carbocycles. The zero-order chi connectivity index (χ0) is 18.6. The molecule has 0 fully saturated rings. The number of nitrogens with one attached hydrogen (secondary N) is 1. The number of rotatable bonds is 5. The lowest BCUT2D eigenvalue weighted by molar-refractivity contribution is -0.116. The van der Waals surface area contributed by atoms with Crippen LogP contribution in [0.15, 0.2) is 47.4 Å². The fraction of sp³-hybridized carbons (Fsp3) is 0.222. The highest BCUT2D eigenvalue weighted by atomic mass is 32.2. The molecule has 0 aliphatic carbocycles. The topological polar surface area (TPSA) is 90.3 Å². The first-order valence-corrected chi connectivity index (χ1v) is 9.01. The average molecular weight is 357 g/mol. The van der Waals surface area contributed by atoms with Crippen LogP contribution in [0.25, 0.3) is 0 Å². The van der Waals surface area contributed by atoms with E-state index in [1.54, 1.807) is 6.07 Å². The minimum absolute atomic E-state index is 0.0352. The van der Waals surface area contributed by atoms with Gasteiger partial charge in [0.15, 0.2) is 0 Å². The van der Waals surface area contributed by atoms with Crippen molar-refractivity contribution in [1.82, 2.24) is 4.31 Å². The Labute approximate surface area is 147 Å². The molecule has 0 heterocycles. The Morgan fingerprint density at radius 1 is 1.12 bits per heavy atom. The van der Waals surface area contributed by atoms with Crippen molar-refractivity contribution in [2.24, 2.45) is 0 Å². The normalized spacial score (nSPS) is 11.2. The van der Waals surface area contributed by atoms with Gasteiger partial charge in [-0.2, -0.15) is 9.57 Å². The van der Waals surface area contributed by atoms with Crippen molar-refractivity contribution in [1.29, 1.82) is 5.26 Å². The quantitative estimate of drug-likeness (QED) is 0.890. The van der Waals surface area contributed by atoms with Gasteiger partial charge in [-0.15, -0.1) is 0 Å². The summed E-state index contributed by atoms with van der Waals surface area (Å²) in [4.78, 5) is 12.2. The van der Waals surface area contributed by atoms with E-state index in [0.29, 0.717) is 11.3 Å². The number of aryl methyl sites for hydroxylation is 2. The number of carbonyl (C=O) groups is 1. The number of nitrogens with zero attached hydrogens (tertiary/aromatic N) is 2. The van der Waals surface area contributed by atoms with E-state index >= 15 is 0 Å². The molecule has 25 heavy (non-hydrogen) atoms. The van der Waals surface area contributed by atoms with E-state index in [1.807, 2.05) is 32.0 Å². The molecule has 7 heteroatoms. The molecule has 6 nitrogen and oxygen atoms in total. The van der Waals surface area contributed by atoms with Gasteiger partial charge in [-0.05, 0) is 61.4 Å². The van der Waals surface area contributed by atoms with Crippen LogP contribution in [-0.4, -0.2) is 32.2 Å². The van der Waals surface area contributed by atoms with Crippen LogP contribution >= 0.6 is 0 Å². The van der Waals surface area contributed by atoms with Crippen molar-refractivity contribution in [3.8, 4) is 6.07 Å². The van der Waals surface area contributed by atoms with E-state index in [2.05, 4.69) is 5.32 Å². The third-order valence-electron chi connectivity index (χ3n) is 3.85. The molecule has 2 rings (SSSR count). The molecule has 0 bridgehead atoms. The Bertz CT molecular complexity index is 929. The third-order valence-corrected chi connectivity index (χ3v) is 5.67. The molecular weight excluding hydrogens is 338 g/mol. The Hall–Kier alpha value is -2.69. The van der Waals surface area contributed by atoms with Crippen LogP contribution in [0, 0.1) is 25.2 Å². The molecule has 2 aromatic carbocycles. The highest BCUT2D eigenvalue weighted by molar-refractivity contribution is 7.89. The van der Waals surface area contributed by atoms with Crippen LogP contribution in [-0.2, 0) is 14.8 Å². The molecular formula is C18H19N3O3S. The van der Waals surface area contributed by atoms with Crippen molar-refractivity contribution >= 4 is 21.6 Å². The van der Waals surface area contributed by atoms with Crippen molar-refractivity contribution in [2.45, 2.75) is 18.7 Å². The summed E-state index contributed by atoms with van der Waals surface area (Å²) in [5.74, 6) is -0.428. The van der Waals surface area contributed by atoms with Gasteiger partial charge in [0.25, 0.3) is 0 Å². The highest BCUT2D eigenvalue weighted by Crippen LogP contribution is 2.16. The number of nitriles is 1. The minimum atomic E-state index is -3.80. The molecule has 1 N–H and O–H groups in total. The number of hydrogen-bond acceptors (Lipinski definition) is 4. The summed E-state index contributed by atoms with van der Waals surface area (Å²) < 4.78 is 25.9. The molecule has 2 aromatic rings. The number of sulfonamides is 1. The number of hydrogen-bond donors (Lipinski definition) is 1. The van der Waals surface area contributed by atoms with Gasteiger partial charge in [-0.25, -0.2) is 8.42 Å². The third kappa shape index (κ3) is 4.44. The molecule has 130 valence electrons. The van der Waals surface area contributed by atoms with E-state index in [4.69, 9.17) is 5.26 Å². The number of anilines is 1. The van der Waals surface area contributed by atoms with E-state index in [9.17, 15) is 13.2 Å². The Kier molecular flexibility index (Phi) is 5.57. The number of amides is 1. The van der Waals surface area contributed by atoms with Crippen LogP contribution in [0.2, 0.25) is 0 Å². The molecule has 0 aromatic heterocycles. The molecule has 0 radical (unpaired) electrons. The first-order chi connectivity index (χ1) is 11.7. The zero-order valence-electron chi connectivity index (χ0n) is 14.3. The van der Waals surface area contributed by atoms with Crippen LogP contribution in [0.4, 0.5) is 5.69 Å². The monoisotopic (exact) mass is 357 g/mol. The van der Waals surface area contributed by atoms with Gasteiger partial charge >= 0.3 is 0 Å². The minimum Gasteiger partial charge on any atom is -0.325 e. The lowest BCUT2D eigenvalue weighted by Gasteiger charge is -2.17. The molecule has 0 unspecified atom stereocenters. The molecule has 0 aliphatic heterocycles. The Balaban J connectivity index is 2.08. The van der Waals surface area contributed by atoms with E-state index in [0.717, 1.165) is 15.4 Å². The predicted octanol–water partition coefficient (Wildman–Crippen LogP) is 2.43. The summed E-state index contributed by atoms with van der Waals surface area (Å²) in [6.45, 7) is 3.60. The van der Waals surface area contributed by atoms with Gasteiger partial charge < -0.3 is 5.32 Å². The summed E-state index contributed by atoms with van der Waals surface area (Å²) in [5, 5.41) is 11.5. The first-order valence-electron chi connectivity index (χ1n) is 7.57. The van der Waals surface area contributed by atoms with Gasteiger partial charge in [0, 0.05) is 12.7 Å². The fourth-order valence-electron chi connectivity index (χ4n) is 2.19. The van der Waals surface area contributed by atoms with Crippen molar-refractivity contribution < 1.29 is 13.2 Å². The predicted molar refractivity (Wildman–Crippen MR) is 95.5 cm³/mol. The van der Waals surface area contributed by atoms with Crippen LogP contribution in [0.1, 0.15) is 16.7 Å². The van der Waals surface area contributed by atoms with Gasteiger partial charge in [0.1, 0.15) is 0 Å². The lowest BCUT2D eigenvalue weighted by Crippen LogP contribution is -2.35. The van der Waals surface area contributed by atoms with Gasteiger partial charge in [-0.3, -0.25) is 4.79 Å². The standard InChI is InChI=1S/C18H19N3O3S/c1-13-4-7-16(10-14(13)2)20-18(22)12-21(3)25(23,24)17-8-5-15(11-19)6-9-17/h4-10H,12H2,1-3H3,(H,20,22). The first kappa shape index (κ1) is 18.6. The van der Waals surface area contributed by atoms with Crippen LogP contribution < -0.4 is 5.32 Å². The second-order valence-corrected chi connectivity index (χ2v) is 7.79. The second-order valence-electron chi connectivity index (χ2n) is 5.74. The molecule has 0 saturated heterocycles. The van der Waals surface area contributed by atoms with E-state index < -0.39 is 15.9 Å². The maximum absolute atomic E-state index is 12.5. The SMILES string of the molecule is Cc1ccc(NC(=O)CN(C)S(=O)(=O)c2ccc(C#N)cc2)cc1C. The largest absolute Gasteiger partial charge is 0.325 e. The number of benzene rings is 2. The van der Waals surface area contributed by atoms with E-state index in [-0.39, 0.29) is 11.4 Å². The van der Waals surface area contributed by atoms with E-state index in [1.165, 1.54) is 31.3 Å². The Morgan fingerprint density at radius 2 is 1.76 bits per heavy atom. The summed E-state index contributed by atoms with van der Waals surface area (Å²) in [6, 6.07) is 13.0. The van der Waals surface area contributed by atoms with Gasteiger partial charge in [-0.1, -0.05) is 6.07 Å². The highest BCUT2D eigenvalue weighted by Gasteiger charge is 2.23. The number of likely N-dealkylation sites (N-methyl/N-ethyl adjacent to an activating group) is 1. The maximum atomic E-state index is 12.5. The van der Waals surface area contributed by atoms with Crippen LogP contribution in [0.3, 0.4) is 0 Å². The zero-order valence-corrected chi connectivity index (χ0v) is 15.1. The Morgan fingerprint density at radius 3 is 2.32 bits per heavy atom. The van der Waals surface area contributed by atoms with Gasteiger partial charge in [0.05, 0.1) is 23.1 Å². The summed E-state index contributed by atoms with van der Waals surface area (Å²) in [5.41, 5.74) is 3.14. The maximum Gasteiger partial charge on any atom is 0.243 e. The average Bonchev–Trinajstić information content (AvgIpc) is 2.58. The fourth-order valence-corrected chi connectivity index (χ4v) is 3.32. The summed E-state index contributed by atoms with van der Waals surface area (Å²) in [7, 11) is -2.46. The van der Waals surface area contributed by atoms with Crippen molar-refractivity contribution in [2.75, 3.05) is 18.9 Å². The summed E-state index contributed by atoms with van der Waals surface area (Å²) in [6.07, 6.45) is 0. The second kappa shape index (κ2) is 7.47.